The number of carbonyl (C=O) groups excluding carboxylic acids is 2. The number of rotatable bonds is 3. The molecule has 90 valence electrons. The van der Waals surface area contributed by atoms with E-state index in [1.165, 1.54) is 12.0 Å². The molecular weight excluding hydrogens is 240 g/mol. The Morgan fingerprint density at radius 1 is 1.47 bits per heavy atom. The lowest BCUT2D eigenvalue weighted by Gasteiger charge is -2.15. The molecule has 0 bridgehead atoms. The van der Waals surface area contributed by atoms with Gasteiger partial charge in [0.15, 0.2) is 0 Å². The van der Waals surface area contributed by atoms with Gasteiger partial charge in [-0.3, -0.25) is 14.5 Å². The van der Waals surface area contributed by atoms with Crippen molar-refractivity contribution >= 4 is 28.6 Å². The highest BCUT2D eigenvalue weighted by Gasteiger charge is 2.30. The number of methoxy groups -OCH3 is 1. The van der Waals surface area contributed by atoms with Gasteiger partial charge in [-0.25, -0.2) is 0 Å². The maximum Gasteiger partial charge on any atom is 0.289 e. The molecule has 1 heterocycles. The summed E-state index contributed by atoms with van der Waals surface area (Å²) in [6.45, 7) is 0.230. The van der Waals surface area contributed by atoms with Gasteiger partial charge in [0.25, 0.3) is 5.24 Å². The molecule has 0 atom stereocenters. The molecule has 1 fully saturated rings. The fourth-order valence-corrected chi connectivity index (χ4v) is 2.32. The molecule has 1 aliphatic rings. The van der Waals surface area contributed by atoms with E-state index < -0.39 is 0 Å². The molecule has 0 saturated carbocycles. The lowest BCUT2D eigenvalue weighted by atomic mass is 10.1. The predicted octanol–water partition coefficient (Wildman–Crippen LogP) is 1.47. The number of hydrogen-bond acceptors (Lipinski definition) is 5. The van der Waals surface area contributed by atoms with Crippen LogP contribution in [-0.2, 0) is 11.3 Å². The van der Waals surface area contributed by atoms with Crippen molar-refractivity contribution in [3.05, 3.63) is 23.8 Å². The number of nitrogens with zero attached hydrogens (tertiary/aromatic N) is 1. The summed E-state index contributed by atoms with van der Waals surface area (Å²) in [4.78, 5) is 24.2. The van der Waals surface area contributed by atoms with Crippen LogP contribution in [0.2, 0.25) is 0 Å². The first-order valence-corrected chi connectivity index (χ1v) is 6.00. The van der Waals surface area contributed by atoms with Crippen LogP contribution in [0.4, 0.5) is 10.5 Å². The zero-order chi connectivity index (χ0) is 12.4. The molecule has 5 nitrogen and oxygen atoms in total. The third-order valence-corrected chi connectivity index (χ3v) is 3.34. The zero-order valence-electron chi connectivity index (χ0n) is 9.30. The van der Waals surface area contributed by atoms with Gasteiger partial charge in [-0.2, -0.15) is 0 Å². The van der Waals surface area contributed by atoms with Crippen LogP contribution >= 0.6 is 11.8 Å². The maximum absolute atomic E-state index is 11.5. The molecule has 2 N–H and O–H groups in total. The van der Waals surface area contributed by atoms with Gasteiger partial charge in [-0.15, -0.1) is 0 Å². The Bertz CT molecular complexity index is 460. The van der Waals surface area contributed by atoms with Gasteiger partial charge in [-0.05, 0) is 6.07 Å². The van der Waals surface area contributed by atoms with E-state index in [-0.39, 0.29) is 23.4 Å². The van der Waals surface area contributed by atoms with Crippen LogP contribution < -0.4 is 10.5 Å². The number of amides is 2. The monoisotopic (exact) mass is 252 g/mol. The topological polar surface area (TPSA) is 72.6 Å². The highest BCUT2D eigenvalue weighted by atomic mass is 32.2. The average molecular weight is 252 g/mol. The molecule has 0 aromatic heterocycles. The Balaban J connectivity index is 2.23. The molecule has 1 aromatic rings. The summed E-state index contributed by atoms with van der Waals surface area (Å²) in [6.07, 6.45) is 0. The first-order valence-electron chi connectivity index (χ1n) is 5.01. The Morgan fingerprint density at radius 3 is 2.82 bits per heavy atom. The van der Waals surface area contributed by atoms with Crippen LogP contribution in [0, 0.1) is 0 Å². The van der Waals surface area contributed by atoms with Crippen LogP contribution in [0.25, 0.3) is 0 Å². The second-order valence-electron chi connectivity index (χ2n) is 3.61. The third kappa shape index (κ3) is 2.36. The number of hydrogen-bond donors (Lipinski definition) is 1. The van der Waals surface area contributed by atoms with Crippen molar-refractivity contribution in [3.8, 4) is 5.75 Å². The number of thioether (sulfide) groups is 1. The second-order valence-corrected chi connectivity index (χ2v) is 4.53. The van der Waals surface area contributed by atoms with Gasteiger partial charge in [0.2, 0.25) is 5.91 Å². The molecule has 0 aliphatic carbocycles. The molecule has 1 saturated heterocycles. The lowest BCUT2D eigenvalue weighted by Crippen LogP contribution is -2.28. The number of nitrogens with two attached hydrogens (primary N) is 1. The number of benzene rings is 1. The van der Waals surface area contributed by atoms with E-state index in [1.54, 1.807) is 18.2 Å². The largest absolute Gasteiger partial charge is 0.496 e. The van der Waals surface area contributed by atoms with E-state index in [0.717, 1.165) is 17.3 Å². The van der Waals surface area contributed by atoms with Gasteiger partial charge in [-0.1, -0.05) is 17.8 Å². The summed E-state index contributed by atoms with van der Waals surface area (Å²) < 4.78 is 5.17. The van der Waals surface area contributed by atoms with Crippen molar-refractivity contribution in [2.24, 2.45) is 0 Å². The van der Waals surface area contributed by atoms with Crippen LogP contribution in [-0.4, -0.2) is 28.9 Å². The summed E-state index contributed by atoms with van der Waals surface area (Å²) in [5.74, 6) is 0.636. The molecule has 0 unspecified atom stereocenters. The molecule has 17 heavy (non-hydrogen) atoms. The summed E-state index contributed by atoms with van der Waals surface area (Å²) in [7, 11) is 1.53. The molecule has 0 spiro atoms. The van der Waals surface area contributed by atoms with Crippen molar-refractivity contribution in [1.82, 2.24) is 4.90 Å². The number of nitrogen functional groups attached to an aromatic ring is 1. The minimum Gasteiger partial charge on any atom is -0.496 e. The van der Waals surface area contributed by atoms with Gasteiger partial charge in [0.1, 0.15) is 5.75 Å². The van der Waals surface area contributed by atoms with E-state index in [4.69, 9.17) is 10.5 Å². The SMILES string of the molecule is COc1cc(N)ccc1CN1C(=O)CSC1=O. The van der Waals surface area contributed by atoms with Crippen LogP contribution in [0.5, 0.6) is 5.75 Å². The maximum atomic E-state index is 11.5. The average Bonchev–Trinajstić information content (AvgIpc) is 2.62. The molecule has 0 radical (unpaired) electrons. The van der Waals surface area contributed by atoms with E-state index in [2.05, 4.69) is 0 Å². The quantitative estimate of drug-likeness (QED) is 0.825. The second kappa shape index (κ2) is 4.67. The normalized spacial score (nSPS) is 15.5. The standard InChI is InChI=1S/C11H12N2O3S/c1-16-9-4-8(12)3-2-7(9)5-13-10(14)6-17-11(13)15/h2-4H,5-6,12H2,1H3. The van der Waals surface area contributed by atoms with Crippen LogP contribution in [0.15, 0.2) is 18.2 Å². The minimum absolute atomic E-state index is 0.168. The number of imide groups is 1. The first-order chi connectivity index (χ1) is 8.11. The van der Waals surface area contributed by atoms with Gasteiger partial charge in [0.05, 0.1) is 19.4 Å². The van der Waals surface area contributed by atoms with Crippen molar-refractivity contribution in [2.75, 3.05) is 18.6 Å². The van der Waals surface area contributed by atoms with Crippen molar-refractivity contribution in [2.45, 2.75) is 6.54 Å². The Labute approximate surface area is 103 Å². The Morgan fingerprint density at radius 2 is 2.24 bits per heavy atom. The van der Waals surface area contributed by atoms with Crippen molar-refractivity contribution < 1.29 is 14.3 Å². The van der Waals surface area contributed by atoms with Crippen LogP contribution in [0.1, 0.15) is 5.56 Å². The molecule has 1 aromatic carbocycles. The van der Waals surface area contributed by atoms with Crippen LogP contribution in [0.3, 0.4) is 0 Å². The van der Waals surface area contributed by atoms with Gasteiger partial charge >= 0.3 is 0 Å². The molecule has 1 aliphatic heterocycles. The molecule has 6 heteroatoms. The molecule has 2 rings (SSSR count). The summed E-state index contributed by atoms with van der Waals surface area (Å²) in [5, 5.41) is -0.214. The molecule has 2 amide bonds. The Kier molecular flexibility index (Phi) is 3.23. The minimum atomic E-state index is -0.214. The summed E-state index contributed by atoms with van der Waals surface area (Å²) in [6, 6.07) is 5.15. The number of carbonyl (C=O) groups is 2. The number of anilines is 1. The fourth-order valence-electron chi connectivity index (χ4n) is 1.60. The number of ether oxygens (including phenoxy) is 1. The van der Waals surface area contributed by atoms with Crippen molar-refractivity contribution in [3.63, 3.8) is 0 Å². The van der Waals surface area contributed by atoms with Gasteiger partial charge < -0.3 is 10.5 Å². The van der Waals surface area contributed by atoms with E-state index in [9.17, 15) is 9.59 Å². The Hall–Kier alpha value is -1.69. The third-order valence-electron chi connectivity index (χ3n) is 2.48. The first kappa shape index (κ1) is 11.8. The zero-order valence-corrected chi connectivity index (χ0v) is 10.1. The summed E-state index contributed by atoms with van der Waals surface area (Å²) in [5.41, 5.74) is 6.99. The van der Waals surface area contributed by atoms with Crippen molar-refractivity contribution in [1.29, 1.82) is 0 Å². The van der Waals surface area contributed by atoms with Gasteiger partial charge in [0, 0.05) is 17.3 Å². The lowest BCUT2D eigenvalue weighted by molar-refractivity contribution is -0.125. The highest BCUT2D eigenvalue weighted by molar-refractivity contribution is 8.14. The molecular formula is C11H12N2O3S. The predicted molar refractivity (Wildman–Crippen MR) is 65.8 cm³/mol. The highest BCUT2D eigenvalue weighted by Crippen LogP contribution is 2.27. The fraction of sp³-hybridized carbons (Fsp3) is 0.273. The van der Waals surface area contributed by atoms with E-state index >= 15 is 0 Å². The smallest absolute Gasteiger partial charge is 0.289 e. The van der Waals surface area contributed by atoms with E-state index in [0.29, 0.717) is 11.4 Å². The van der Waals surface area contributed by atoms with E-state index in [1.807, 2.05) is 0 Å². The summed E-state index contributed by atoms with van der Waals surface area (Å²) >= 11 is 1.02.